The molecule has 0 radical (unpaired) electrons. The second-order valence-electron chi connectivity index (χ2n) is 5.33. The van der Waals surface area contributed by atoms with Crippen LogP contribution in [0.15, 0.2) is 51.6 Å². The van der Waals surface area contributed by atoms with E-state index in [0.717, 1.165) is 10.0 Å². The maximum atomic E-state index is 10.8. The predicted molar refractivity (Wildman–Crippen MR) is 102 cm³/mol. The average molecular weight is 457 g/mol. The van der Waals surface area contributed by atoms with Gasteiger partial charge in [-0.15, -0.1) is 0 Å². The van der Waals surface area contributed by atoms with E-state index in [4.69, 9.17) is 37.5 Å². The number of rotatable bonds is 6. The van der Waals surface area contributed by atoms with Crippen LogP contribution in [0.1, 0.15) is 11.5 Å². The van der Waals surface area contributed by atoms with Crippen LogP contribution in [0.3, 0.4) is 0 Å². The van der Waals surface area contributed by atoms with Gasteiger partial charge in [-0.1, -0.05) is 45.2 Å². The first-order chi connectivity index (χ1) is 12.4. The molecule has 0 aliphatic carbocycles. The quantitative estimate of drug-likeness (QED) is 0.532. The topological polar surface area (TPSA) is 72.6 Å². The van der Waals surface area contributed by atoms with Crippen molar-refractivity contribution in [3.05, 3.63) is 68.6 Å². The summed E-state index contributed by atoms with van der Waals surface area (Å²) in [5, 5.41) is 9.88. The molecule has 0 saturated carbocycles. The minimum Gasteiger partial charge on any atom is -0.481 e. The lowest BCUT2D eigenvalue weighted by atomic mass is 10.1. The first kappa shape index (κ1) is 18.8. The van der Waals surface area contributed by atoms with Gasteiger partial charge in [-0.25, -0.2) is 9.78 Å². The van der Waals surface area contributed by atoms with Gasteiger partial charge in [0.15, 0.2) is 12.5 Å². The molecule has 134 valence electrons. The SMILES string of the molecule is O=C(O)COc1ccc(Br)cc1-c1coc(Cc2c(Cl)cccc2Cl)n1. The molecule has 1 heterocycles. The lowest BCUT2D eigenvalue weighted by Gasteiger charge is -2.08. The van der Waals surface area contributed by atoms with Crippen molar-refractivity contribution in [1.29, 1.82) is 0 Å². The summed E-state index contributed by atoms with van der Waals surface area (Å²) in [5.41, 5.74) is 1.85. The van der Waals surface area contributed by atoms with Crippen LogP contribution in [0.4, 0.5) is 0 Å². The Kier molecular flexibility index (Phi) is 5.86. The smallest absolute Gasteiger partial charge is 0.341 e. The lowest BCUT2D eigenvalue weighted by molar-refractivity contribution is -0.139. The van der Waals surface area contributed by atoms with E-state index in [0.29, 0.717) is 39.4 Å². The van der Waals surface area contributed by atoms with Crippen molar-refractivity contribution in [1.82, 2.24) is 4.98 Å². The van der Waals surface area contributed by atoms with Gasteiger partial charge in [0.25, 0.3) is 0 Å². The molecule has 0 aliphatic heterocycles. The number of carbonyl (C=O) groups is 1. The highest BCUT2D eigenvalue weighted by molar-refractivity contribution is 9.10. The highest BCUT2D eigenvalue weighted by Gasteiger charge is 2.15. The molecule has 0 fully saturated rings. The fraction of sp³-hybridized carbons (Fsp3) is 0.111. The Bertz CT molecular complexity index is 938. The highest BCUT2D eigenvalue weighted by atomic mass is 79.9. The monoisotopic (exact) mass is 455 g/mol. The van der Waals surface area contributed by atoms with E-state index < -0.39 is 12.6 Å². The molecule has 0 saturated heterocycles. The minimum atomic E-state index is -1.06. The third-order valence-corrected chi connectivity index (χ3v) is 4.71. The number of carboxylic acid groups (broad SMARTS) is 1. The molecule has 2 aromatic carbocycles. The van der Waals surface area contributed by atoms with Gasteiger partial charge in [-0.05, 0) is 35.9 Å². The van der Waals surface area contributed by atoms with Gasteiger partial charge in [0, 0.05) is 20.1 Å². The molecule has 0 aliphatic rings. The summed E-state index contributed by atoms with van der Waals surface area (Å²) in [6.07, 6.45) is 1.81. The Morgan fingerprint density at radius 2 is 1.96 bits per heavy atom. The van der Waals surface area contributed by atoms with Gasteiger partial charge in [0.2, 0.25) is 0 Å². The van der Waals surface area contributed by atoms with E-state index in [1.807, 2.05) is 0 Å². The van der Waals surface area contributed by atoms with Gasteiger partial charge >= 0.3 is 5.97 Å². The van der Waals surface area contributed by atoms with Crippen LogP contribution in [0.2, 0.25) is 10.0 Å². The van der Waals surface area contributed by atoms with Crippen LogP contribution >= 0.6 is 39.1 Å². The van der Waals surface area contributed by atoms with Crippen molar-refractivity contribution < 1.29 is 19.1 Å². The molecule has 0 spiro atoms. The largest absolute Gasteiger partial charge is 0.481 e. The minimum absolute atomic E-state index is 0.331. The van der Waals surface area contributed by atoms with Crippen molar-refractivity contribution >= 4 is 45.1 Å². The molecule has 3 rings (SSSR count). The number of aliphatic carboxylic acids is 1. The molecule has 0 bridgehead atoms. The van der Waals surface area contributed by atoms with Gasteiger partial charge in [0.1, 0.15) is 17.7 Å². The molecular formula is C18H12BrCl2NO4. The number of benzene rings is 2. The van der Waals surface area contributed by atoms with Crippen LogP contribution in [-0.4, -0.2) is 22.7 Å². The molecule has 0 atom stereocenters. The van der Waals surface area contributed by atoms with E-state index >= 15 is 0 Å². The first-order valence-corrected chi connectivity index (χ1v) is 9.00. The summed E-state index contributed by atoms with van der Waals surface area (Å²) in [6.45, 7) is -0.450. The molecule has 26 heavy (non-hydrogen) atoms. The molecule has 1 N–H and O–H groups in total. The first-order valence-electron chi connectivity index (χ1n) is 7.46. The number of nitrogens with zero attached hydrogens (tertiary/aromatic N) is 1. The zero-order valence-electron chi connectivity index (χ0n) is 13.2. The summed E-state index contributed by atoms with van der Waals surface area (Å²) in [4.78, 5) is 15.2. The number of halogens is 3. The Hall–Kier alpha value is -2.02. The van der Waals surface area contributed by atoms with Crippen molar-refractivity contribution in [3.63, 3.8) is 0 Å². The summed E-state index contributed by atoms with van der Waals surface area (Å²) in [7, 11) is 0. The van der Waals surface area contributed by atoms with Crippen LogP contribution in [0.5, 0.6) is 5.75 Å². The van der Waals surface area contributed by atoms with E-state index in [1.165, 1.54) is 6.26 Å². The Balaban J connectivity index is 1.90. The maximum absolute atomic E-state index is 10.8. The number of carboxylic acids is 1. The van der Waals surface area contributed by atoms with Crippen molar-refractivity contribution in [2.24, 2.45) is 0 Å². The number of ether oxygens (including phenoxy) is 1. The van der Waals surface area contributed by atoms with Crippen LogP contribution < -0.4 is 4.74 Å². The molecular weight excluding hydrogens is 445 g/mol. The summed E-state index contributed by atoms with van der Waals surface area (Å²) in [6, 6.07) is 10.5. The standard InChI is InChI=1S/C18H12BrCl2NO4/c19-10-4-5-16(25-9-18(23)24)12(6-10)15-8-26-17(22-15)7-11-13(20)2-1-3-14(11)21/h1-6,8H,7,9H2,(H,23,24). The summed E-state index contributed by atoms with van der Waals surface area (Å²) < 4.78 is 11.7. The molecule has 0 amide bonds. The second-order valence-corrected chi connectivity index (χ2v) is 7.06. The Labute approximate surface area is 167 Å². The molecule has 8 heteroatoms. The van der Waals surface area contributed by atoms with Gasteiger partial charge in [-0.2, -0.15) is 0 Å². The zero-order valence-corrected chi connectivity index (χ0v) is 16.3. The molecule has 1 aromatic heterocycles. The predicted octanol–water partition coefficient (Wildman–Crippen LogP) is 5.47. The normalized spacial score (nSPS) is 10.7. The second kappa shape index (κ2) is 8.12. The number of hydrogen-bond donors (Lipinski definition) is 1. The van der Waals surface area contributed by atoms with E-state index in [-0.39, 0.29) is 0 Å². The van der Waals surface area contributed by atoms with Gasteiger partial charge in [0.05, 0.1) is 6.42 Å². The van der Waals surface area contributed by atoms with Crippen molar-refractivity contribution in [3.8, 4) is 17.0 Å². The Morgan fingerprint density at radius 1 is 1.23 bits per heavy atom. The van der Waals surface area contributed by atoms with E-state index in [2.05, 4.69) is 20.9 Å². The van der Waals surface area contributed by atoms with Gasteiger partial charge < -0.3 is 14.3 Å². The van der Waals surface area contributed by atoms with Gasteiger partial charge in [-0.3, -0.25) is 0 Å². The number of hydrogen-bond acceptors (Lipinski definition) is 4. The molecule has 0 unspecified atom stereocenters. The molecule has 5 nitrogen and oxygen atoms in total. The van der Waals surface area contributed by atoms with Crippen molar-refractivity contribution in [2.45, 2.75) is 6.42 Å². The number of aromatic nitrogens is 1. The maximum Gasteiger partial charge on any atom is 0.341 e. The summed E-state index contributed by atoms with van der Waals surface area (Å²) in [5.74, 6) is -0.238. The zero-order chi connectivity index (χ0) is 18.7. The molecule has 3 aromatic rings. The highest BCUT2D eigenvalue weighted by Crippen LogP contribution is 2.33. The third-order valence-electron chi connectivity index (χ3n) is 3.51. The third kappa shape index (κ3) is 4.38. The van der Waals surface area contributed by atoms with Crippen LogP contribution in [-0.2, 0) is 11.2 Å². The number of oxazole rings is 1. The van der Waals surface area contributed by atoms with Crippen molar-refractivity contribution in [2.75, 3.05) is 6.61 Å². The van der Waals surface area contributed by atoms with E-state index in [1.54, 1.807) is 36.4 Å². The lowest BCUT2D eigenvalue weighted by Crippen LogP contribution is -2.10. The van der Waals surface area contributed by atoms with Crippen LogP contribution in [0, 0.1) is 0 Å². The Morgan fingerprint density at radius 3 is 2.65 bits per heavy atom. The fourth-order valence-electron chi connectivity index (χ4n) is 2.34. The van der Waals surface area contributed by atoms with Crippen LogP contribution in [0.25, 0.3) is 11.3 Å². The average Bonchev–Trinajstić information content (AvgIpc) is 3.05. The summed E-state index contributed by atoms with van der Waals surface area (Å²) >= 11 is 15.8. The van der Waals surface area contributed by atoms with E-state index in [9.17, 15) is 4.79 Å². The fourth-order valence-corrected chi connectivity index (χ4v) is 3.23.